The molecule has 0 fully saturated rings. The maximum Gasteiger partial charge on any atom is 0.258 e. The van der Waals surface area contributed by atoms with Gasteiger partial charge in [0, 0.05) is 15.9 Å². The maximum atomic E-state index is 11.7. The number of alkyl halides is 1. The first-order valence-corrected chi connectivity index (χ1v) is 9.72. The van der Waals surface area contributed by atoms with Crippen molar-refractivity contribution >= 4 is 33.4 Å². The van der Waals surface area contributed by atoms with Gasteiger partial charge in [-0.15, -0.1) is 0 Å². The normalized spacial score (nSPS) is 9.96. The third-order valence-electron chi connectivity index (χ3n) is 2.53. The van der Waals surface area contributed by atoms with E-state index in [0.717, 1.165) is 7.05 Å². The van der Waals surface area contributed by atoms with Crippen molar-refractivity contribution in [3.63, 3.8) is 0 Å². The second-order valence-corrected chi connectivity index (χ2v) is 5.31. The quantitative estimate of drug-likeness (QED) is 0.204. The van der Waals surface area contributed by atoms with Gasteiger partial charge in [0.2, 0.25) is 5.91 Å². The van der Waals surface area contributed by atoms with Crippen LogP contribution >= 0.6 is 15.9 Å². The number of ether oxygens (including phenoxy) is 1. The van der Waals surface area contributed by atoms with Crippen LogP contribution in [0.3, 0.4) is 0 Å². The predicted octanol–water partition coefficient (Wildman–Crippen LogP) is 3.53. The highest BCUT2D eigenvalue weighted by molar-refractivity contribution is 9.09. The lowest BCUT2D eigenvalue weighted by Crippen LogP contribution is -2.35. The highest BCUT2D eigenvalue weighted by atomic mass is 79.9. The van der Waals surface area contributed by atoms with E-state index in [2.05, 4.69) is 26.6 Å². The van der Waals surface area contributed by atoms with Gasteiger partial charge >= 0.3 is 0 Å². The number of hydrogen-bond acceptors (Lipinski definition) is 5. The van der Waals surface area contributed by atoms with Crippen molar-refractivity contribution in [2.24, 2.45) is 0 Å². The van der Waals surface area contributed by atoms with Crippen molar-refractivity contribution < 1.29 is 19.2 Å². The maximum absolute atomic E-state index is 11.7. The molecule has 9 heteroatoms. The summed E-state index contributed by atoms with van der Waals surface area (Å²) in [6.07, 6.45) is 5.39. The van der Waals surface area contributed by atoms with E-state index in [4.69, 9.17) is 14.9 Å². The molecule has 0 aliphatic carbocycles. The second-order valence-electron chi connectivity index (χ2n) is 4.67. The Hall–Kier alpha value is -2.68. The molecule has 8 nitrogen and oxygen atoms in total. The van der Waals surface area contributed by atoms with E-state index in [1.54, 1.807) is 24.3 Å². The van der Waals surface area contributed by atoms with Gasteiger partial charge in [0.15, 0.2) is 13.7 Å². The lowest BCUT2D eigenvalue weighted by molar-refractivity contribution is -0.445. The average molecular weight is 458 g/mol. The Labute approximate surface area is 174 Å². The second kappa shape index (κ2) is 19.1. The smallest absolute Gasteiger partial charge is 0.258 e. The number of nitrogens with one attached hydrogen (secondary N) is 2. The van der Waals surface area contributed by atoms with Gasteiger partial charge in [0.1, 0.15) is 5.76 Å². The van der Waals surface area contributed by atoms with E-state index in [9.17, 15) is 9.59 Å². The number of amides is 2. The molecule has 0 unspecified atom stereocenters. The SMILES string of the molecule is C/C=C(\C=C/CBr)OCC(=O)NCC(=O)Nc1ccccc1.CC.C[N+](=O)[O-]. The summed E-state index contributed by atoms with van der Waals surface area (Å²) >= 11 is 3.26. The van der Waals surface area contributed by atoms with Crippen LogP contribution in [0.4, 0.5) is 5.69 Å². The summed E-state index contributed by atoms with van der Waals surface area (Å²) in [6.45, 7) is 5.59. The number of carbonyl (C=O) groups excluding carboxylic acids is 2. The molecule has 0 bridgehead atoms. The summed E-state index contributed by atoms with van der Waals surface area (Å²) in [5, 5.41) is 14.7. The number of carbonyl (C=O) groups is 2. The highest BCUT2D eigenvalue weighted by Gasteiger charge is 2.06. The molecule has 0 radical (unpaired) electrons. The largest absolute Gasteiger partial charge is 0.484 e. The molecule has 0 aliphatic rings. The molecule has 1 rings (SSSR count). The summed E-state index contributed by atoms with van der Waals surface area (Å²) in [6, 6.07) is 9.05. The molecular weight excluding hydrogens is 430 g/mol. The van der Waals surface area contributed by atoms with Gasteiger partial charge in [-0.2, -0.15) is 0 Å². The standard InChI is InChI=1S/C16H19BrN2O3.C2H6.CH3NO2/c1-2-14(9-6-10-17)22-12-16(21)18-11-15(20)19-13-7-4-3-5-8-13;1-2;1-2(3)4/h2-9H,10-12H2,1H3,(H,18,21)(H,19,20);1-2H3;1H3/b9-6-,14-2+;;. The number of allylic oxidation sites excluding steroid dienone is 3. The topological polar surface area (TPSA) is 111 Å². The van der Waals surface area contributed by atoms with Gasteiger partial charge in [-0.3, -0.25) is 19.7 Å². The van der Waals surface area contributed by atoms with Crippen LogP contribution in [0.1, 0.15) is 20.8 Å². The summed E-state index contributed by atoms with van der Waals surface area (Å²) in [5.41, 5.74) is 0.689. The predicted molar refractivity (Wildman–Crippen MR) is 115 cm³/mol. The van der Waals surface area contributed by atoms with Crippen LogP contribution in [0.25, 0.3) is 0 Å². The lowest BCUT2D eigenvalue weighted by Gasteiger charge is -2.08. The minimum Gasteiger partial charge on any atom is -0.484 e. The number of hydrogen-bond donors (Lipinski definition) is 2. The minimum atomic E-state index is -0.500. The Morgan fingerprint density at radius 3 is 2.29 bits per heavy atom. The van der Waals surface area contributed by atoms with Gasteiger partial charge in [0.25, 0.3) is 5.91 Å². The highest BCUT2D eigenvalue weighted by Crippen LogP contribution is 2.04. The molecular formula is C19H28BrN3O5. The molecule has 1 aromatic rings. The molecule has 28 heavy (non-hydrogen) atoms. The molecule has 0 saturated heterocycles. The van der Waals surface area contributed by atoms with Gasteiger partial charge in [0.05, 0.1) is 6.54 Å². The first kappa shape index (κ1) is 27.5. The fourth-order valence-corrected chi connectivity index (χ4v) is 1.68. The Kier molecular flexibility index (Phi) is 18.8. The van der Waals surface area contributed by atoms with Crippen molar-refractivity contribution in [1.82, 2.24) is 5.32 Å². The fourth-order valence-electron chi connectivity index (χ4n) is 1.49. The van der Waals surface area contributed by atoms with Gasteiger partial charge in [-0.05, 0) is 31.2 Å². The van der Waals surface area contributed by atoms with Crippen LogP contribution in [-0.2, 0) is 14.3 Å². The monoisotopic (exact) mass is 457 g/mol. The van der Waals surface area contributed by atoms with Crippen molar-refractivity contribution in [2.75, 3.05) is 30.8 Å². The average Bonchev–Trinajstić information content (AvgIpc) is 2.68. The molecule has 0 atom stereocenters. The van der Waals surface area contributed by atoms with Crippen LogP contribution in [0.5, 0.6) is 0 Å². The summed E-state index contributed by atoms with van der Waals surface area (Å²) in [4.78, 5) is 31.6. The Balaban J connectivity index is 0. The summed E-state index contributed by atoms with van der Waals surface area (Å²) < 4.78 is 5.32. The van der Waals surface area contributed by atoms with Crippen LogP contribution in [0.15, 0.2) is 54.3 Å². The zero-order chi connectivity index (χ0) is 21.8. The molecule has 0 heterocycles. The first-order chi connectivity index (χ1) is 13.4. The third-order valence-corrected chi connectivity index (χ3v) is 2.90. The first-order valence-electron chi connectivity index (χ1n) is 8.60. The molecule has 0 aliphatic heterocycles. The molecule has 0 saturated carbocycles. The van der Waals surface area contributed by atoms with Gasteiger partial charge in [-0.25, -0.2) is 0 Å². The van der Waals surface area contributed by atoms with Crippen molar-refractivity contribution in [2.45, 2.75) is 20.8 Å². The number of nitro groups is 1. The molecule has 0 aromatic heterocycles. The molecule has 2 N–H and O–H groups in total. The molecule has 156 valence electrons. The van der Waals surface area contributed by atoms with E-state index in [-0.39, 0.29) is 25.0 Å². The Bertz CT molecular complexity index is 630. The number of nitrogens with zero attached hydrogens (tertiary/aromatic N) is 1. The van der Waals surface area contributed by atoms with E-state index >= 15 is 0 Å². The van der Waals surface area contributed by atoms with Gasteiger partial charge < -0.3 is 15.4 Å². The molecule has 0 spiro atoms. The number of halogens is 1. The van der Waals surface area contributed by atoms with Crippen molar-refractivity contribution in [3.05, 3.63) is 64.4 Å². The van der Waals surface area contributed by atoms with E-state index in [1.165, 1.54) is 0 Å². The summed E-state index contributed by atoms with van der Waals surface area (Å²) in [7, 11) is 0.889. The van der Waals surface area contributed by atoms with E-state index < -0.39 is 4.92 Å². The van der Waals surface area contributed by atoms with Crippen LogP contribution in [-0.4, -0.2) is 42.3 Å². The van der Waals surface area contributed by atoms with Crippen molar-refractivity contribution in [1.29, 1.82) is 0 Å². The number of benzene rings is 1. The van der Waals surface area contributed by atoms with E-state index in [0.29, 0.717) is 16.8 Å². The third kappa shape index (κ3) is 18.1. The van der Waals surface area contributed by atoms with Crippen LogP contribution in [0.2, 0.25) is 0 Å². The number of rotatable bonds is 8. The minimum absolute atomic E-state index is 0.0977. The molecule has 2 amide bonds. The zero-order valence-corrected chi connectivity index (χ0v) is 18.2. The molecule has 1 aromatic carbocycles. The van der Waals surface area contributed by atoms with Crippen LogP contribution in [0, 0.1) is 10.1 Å². The fraction of sp³-hybridized carbons (Fsp3) is 0.368. The lowest BCUT2D eigenvalue weighted by atomic mass is 10.3. The van der Waals surface area contributed by atoms with Crippen molar-refractivity contribution in [3.8, 4) is 0 Å². The zero-order valence-electron chi connectivity index (χ0n) is 16.6. The number of para-hydroxylation sites is 1. The Morgan fingerprint density at radius 1 is 1.21 bits per heavy atom. The Morgan fingerprint density at radius 2 is 1.79 bits per heavy atom. The van der Waals surface area contributed by atoms with E-state index in [1.807, 2.05) is 45.0 Å². The van der Waals surface area contributed by atoms with Gasteiger partial charge in [-0.1, -0.05) is 54.1 Å². The summed E-state index contributed by atoms with van der Waals surface area (Å²) in [5.74, 6) is -0.0388. The number of anilines is 1. The van der Waals surface area contributed by atoms with Crippen LogP contribution < -0.4 is 10.6 Å².